The Kier molecular flexibility index (Phi) is 4.60. The second-order valence-corrected chi connectivity index (χ2v) is 7.54. The van der Waals surface area contributed by atoms with Gasteiger partial charge in [-0.3, -0.25) is 24.5 Å². The quantitative estimate of drug-likeness (QED) is 0.383. The van der Waals surface area contributed by atoms with Crippen molar-refractivity contribution in [2.24, 2.45) is 5.92 Å². The van der Waals surface area contributed by atoms with Crippen LogP contribution in [0.25, 0.3) is 0 Å². The van der Waals surface area contributed by atoms with E-state index in [0.717, 1.165) is 4.90 Å². The Morgan fingerprint density at radius 1 is 0.875 bits per heavy atom. The van der Waals surface area contributed by atoms with E-state index in [0.29, 0.717) is 11.3 Å². The molecule has 0 spiro atoms. The molecule has 2 saturated heterocycles. The molecule has 9 heteroatoms. The van der Waals surface area contributed by atoms with Crippen LogP contribution in [0, 0.1) is 16.0 Å². The number of aromatic hydroxyl groups is 1. The van der Waals surface area contributed by atoms with Crippen LogP contribution in [0.5, 0.6) is 5.75 Å². The Hall–Kier alpha value is -4.24. The van der Waals surface area contributed by atoms with E-state index < -0.39 is 34.8 Å². The Morgan fingerprint density at radius 2 is 1.56 bits per heavy atom. The molecule has 3 aromatic carbocycles. The van der Waals surface area contributed by atoms with Crippen LogP contribution < -0.4 is 9.96 Å². The first-order valence-corrected chi connectivity index (χ1v) is 9.88. The number of nitrogens with zero attached hydrogens (tertiary/aromatic N) is 3. The molecular formula is C23H17N3O6. The van der Waals surface area contributed by atoms with Crippen molar-refractivity contribution in [3.8, 4) is 5.75 Å². The second kappa shape index (κ2) is 7.47. The summed E-state index contributed by atoms with van der Waals surface area (Å²) >= 11 is 0. The highest BCUT2D eigenvalue weighted by atomic mass is 16.7. The van der Waals surface area contributed by atoms with Gasteiger partial charge in [0.05, 0.1) is 22.3 Å². The molecule has 32 heavy (non-hydrogen) atoms. The number of imide groups is 1. The van der Waals surface area contributed by atoms with E-state index in [1.165, 1.54) is 36.4 Å². The van der Waals surface area contributed by atoms with Gasteiger partial charge in [0.1, 0.15) is 11.7 Å². The molecule has 2 amide bonds. The van der Waals surface area contributed by atoms with Gasteiger partial charge in [-0.05, 0) is 35.9 Å². The van der Waals surface area contributed by atoms with E-state index in [1.807, 2.05) is 30.3 Å². The molecule has 0 saturated carbocycles. The molecule has 3 atom stereocenters. The normalized spacial score (nSPS) is 22.3. The molecule has 9 nitrogen and oxygen atoms in total. The molecule has 0 unspecified atom stereocenters. The average Bonchev–Trinajstić information content (AvgIpc) is 3.31. The van der Waals surface area contributed by atoms with E-state index in [4.69, 9.17) is 4.84 Å². The molecule has 0 aromatic heterocycles. The van der Waals surface area contributed by atoms with E-state index in [-0.39, 0.29) is 17.1 Å². The minimum Gasteiger partial charge on any atom is -0.508 e. The van der Waals surface area contributed by atoms with Gasteiger partial charge in [0, 0.05) is 12.1 Å². The molecule has 2 fully saturated rings. The highest BCUT2D eigenvalue weighted by Crippen LogP contribution is 2.47. The summed E-state index contributed by atoms with van der Waals surface area (Å²) in [5.74, 6) is -1.88. The fourth-order valence-corrected chi connectivity index (χ4v) is 4.22. The molecule has 3 aromatic rings. The van der Waals surface area contributed by atoms with Crippen molar-refractivity contribution in [1.82, 2.24) is 0 Å². The summed E-state index contributed by atoms with van der Waals surface area (Å²) in [4.78, 5) is 44.3. The lowest BCUT2D eigenvalue weighted by molar-refractivity contribution is -0.384. The van der Waals surface area contributed by atoms with E-state index in [1.54, 1.807) is 17.2 Å². The van der Waals surface area contributed by atoms with Crippen LogP contribution >= 0.6 is 0 Å². The summed E-state index contributed by atoms with van der Waals surface area (Å²) in [6.45, 7) is 0. The SMILES string of the molecule is O=C1[C@@H]2[C@@H](c3ccc(O)cc3)N(c3ccccc3)O[C@H]2C(=O)N1c1cccc([N+](=O)[O-])c1. The first-order chi connectivity index (χ1) is 15.5. The first kappa shape index (κ1) is 19.7. The van der Waals surface area contributed by atoms with Crippen LogP contribution in [0.3, 0.4) is 0 Å². The Morgan fingerprint density at radius 3 is 2.25 bits per heavy atom. The van der Waals surface area contributed by atoms with Gasteiger partial charge in [0.15, 0.2) is 6.10 Å². The number of carbonyl (C=O) groups excluding carboxylic acids is 2. The predicted octanol–water partition coefficient (Wildman–Crippen LogP) is 3.35. The highest BCUT2D eigenvalue weighted by molar-refractivity contribution is 6.24. The maximum Gasteiger partial charge on any atom is 0.271 e. The van der Waals surface area contributed by atoms with Crippen molar-refractivity contribution in [1.29, 1.82) is 0 Å². The van der Waals surface area contributed by atoms with Gasteiger partial charge in [-0.15, -0.1) is 0 Å². The number of nitro groups is 1. The lowest BCUT2D eigenvalue weighted by Crippen LogP contribution is -2.37. The highest BCUT2D eigenvalue weighted by Gasteiger charge is 2.60. The number of benzene rings is 3. The van der Waals surface area contributed by atoms with E-state index in [2.05, 4.69) is 0 Å². The lowest BCUT2D eigenvalue weighted by Gasteiger charge is -2.28. The van der Waals surface area contributed by atoms with Crippen LogP contribution in [0.15, 0.2) is 78.9 Å². The Labute approximate surface area is 182 Å². The molecule has 2 heterocycles. The summed E-state index contributed by atoms with van der Waals surface area (Å²) < 4.78 is 0. The number of amides is 2. The third-order valence-corrected chi connectivity index (χ3v) is 5.66. The van der Waals surface area contributed by atoms with Gasteiger partial charge in [-0.25, -0.2) is 9.96 Å². The Balaban J connectivity index is 1.57. The molecule has 2 aliphatic rings. The number of hydroxylamine groups is 1. The number of hydrogen-bond donors (Lipinski definition) is 1. The van der Waals surface area contributed by atoms with Gasteiger partial charge in [0.2, 0.25) is 5.91 Å². The number of fused-ring (bicyclic) bond motifs is 1. The van der Waals surface area contributed by atoms with E-state index >= 15 is 0 Å². The van der Waals surface area contributed by atoms with Crippen molar-refractivity contribution >= 4 is 28.9 Å². The minimum atomic E-state index is -1.08. The van der Waals surface area contributed by atoms with Gasteiger partial charge in [-0.2, -0.15) is 0 Å². The molecule has 160 valence electrons. The number of rotatable bonds is 4. The molecule has 5 rings (SSSR count). The summed E-state index contributed by atoms with van der Waals surface area (Å²) in [6, 6.07) is 20.2. The number of hydrogen-bond acceptors (Lipinski definition) is 7. The second-order valence-electron chi connectivity index (χ2n) is 7.54. The number of carbonyl (C=O) groups is 2. The number of nitro benzene ring substituents is 1. The third-order valence-electron chi connectivity index (χ3n) is 5.66. The summed E-state index contributed by atoms with van der Waals surface area (Å²) in [5.41, 5.74) is 1.26. The van der Waals surface area contributed by atoms with Crippen LogP contribution in [-0.2, 0) is 14.4 Å². The van der Waals surface area contributed by atoms with Gasteiger partial charge in [0.25, 0.3) is 11.6 Å². The van der Waals surface area contributed by atoms with Crippen molar-refractivity contribution in [3.63, 3.8) is 0 Å². The maximum atomic E-state index is 13.5. The molecular weight excluding hydrogens is 414 g/mol. The number of para-hydroxylation sites is 1. The van der Waals surface area contributed by atoms with Crippen LogP contribution in [-0.4, -0.2) is 27.9 Å². The molecule has 1 N–H and O–H groups in total. The van der Waals surface area contributed by atoms with Crippen molar-refractivity contribution in [3.05, 3.63) is 94.5 Å². The van der Waals surface area contributed by atoms with Gasteiger partial charge in [-0.1, -0.05) is 36.4 Å². The van der Waals surface area contributed by atoms with Crippen LogP contribution in [0.4, 0.5) is 17.1 Å². The number of anilines is 2. The largest absolute Gasteiger partial charge is 0.508 e. The van der Waals surface area contributed by atoms with Gasteiger partial charge < -0.3 is 5.11 Å². The first-order valence-electron chi connectivity index (χ1n) is 9.88. The zero-order valence-corrected chi connectivity index (χ0v) is 16.6. The monoisotopic (exact) mass is 431 g/mol. The van der Waals surface area contributed by atoms with Crippen molar-refractivity contribution in [2.45, 2.75) is 12.1 Å². The Bertz CT molecular complexity index is 1210. The smallest absolute Gasteiger partial charge is 0.271 e. The fourth-order valence-electron chi connectivity index (χ4n) is 4.22. The average molecular weight is 431 g/mol. The topological polar surface area (TPSA) is 113 Å². The zero-order valence-electron chi connectivity index (χ0n) is 16.6. The third kappa shape index (κ3) is 3.07. The summed E-state index contributed by atoms with van der Waals surface area (Å²) in [7, 11) is 0. The predicted molar refractivity (Wildman–Crippen MR) is 114 cm³/mol. The zero-order chi connectivity index (χ0) is 22.4. The van der Waals surface area contributed by atoms with Crippen molar-refractivity contribution < 1.29 is 24.5 Å². The molecule has 0 radical (unpaired) electrons. The minimum absolute atomic E-state index is 0.0718. The molecule has 2 aliphatic heterocycles. The standard InChI is InChI=1S/C23H17N3O6/c27-18-11-9-14(10-12-18)20-19-21(32-25(20)15-5-2-1-3-6-15)23(29)24(22(19)28)16-7-4-8-17(13-16)26(30)31/h1-13,19-21,27H/t19-,20-,21-/m1/s1. The lowest BCUT2D eigenvalue weighted by atomic mass is 9.90. The number of phenols is 1. The maximum absolute atomic E-state index is 13.5. The number of phenolic OH excluding ortho intramolecular Hbond substituents is 1. The summed E-state index contributed by atoms with van der Waals surface area (Å²) in [6.07, 6.45) is -1.08. The van der Waals surface area contributed by atoms with Gasteiger partial charge >= 0.3 is 0 Å². The molecule has 0 aliphatic carbocycles. The summed E-state index contributed by atoms with van der Waals surface area (Å²) in [5, 5.41) is 22.4. The van der Waals surface area contributed by atoms with Crippen molar-refractivity contribution in [2.75, 3.05) is 9.96 Å². The van der Waals surface area contributed by atoms with Crippen LogP contribution in [0.2, 0.25) is 0 Å². The van der Waals surface area contributed by atoms with E-state index in [9.17, 15) is 24.8 Å². The number of non-ortho nitro benzene ring substituents is 1. The molecule has 0 bridgehead atoms. The fraction of sp³-hybridized carbons (Fsp3) is 0.130. The van der Waals surface area contributed by atoms with Crippen LogP contribution in [0.1, 0.15) is 11.6 Å².